The molecule has 3 N–H and O–H groups in total. The zero-order valence-corrected chi connectivity index (χ0v) is 13.1. The average molecular weight is 346 g/mol. The summed E-state index contributed by atoms with van der Waals surface area (Å²) in [5.74, 6) is -0.0543. The second kappa shape index (κ2) is 7.69. The largest absolute Gasteiger partial charge is 0.416 e. The molecule has 1 aromatic carbocycles. The Morgan fingerprint density at radius 1 is 1.35 bits per heavy atom. The van der Waals surface area contributed by atoms with Gasteiger partial charge in [0.25, 0.3) is 5.91 Å². The molecule has 0 saturated carbocycles. The quantitative estimate of drug-likeness (QED) is 0.489. The van der Waals surface area contributed by atoms with Crippen molar-refractivity contribution in [2.45, 2.75) is 19.0 Å². The number of halogens is 3. The van der Waals surface area contributed by atoms with Crippen molar-refractivity contribution in [1.29, 1.82) is 0 Å². The fourth-order valence-corrected chi connectivity index (χ4v) is 2.57. The predicted molar refractivity (Wildman–Crippen MR) is 85.0 cm³/mol. The monoisotopic (exact) mass is 346 g/mol. The van der Waals surface area contributed by atoms with Crippen molar-refractivity contribution in [2.75, 3.05) is 24.3 Å². The molecule has 2 rings (SSSR count). The van der Waals surface area contributed by atoms with Gasteiger partial charge >= 0.3 is 6.18 Å². The van der Waals surface area contributed by atoms with E-state index in [0.717, 1.165) is 36.9 Å². The topological polar surface area (TPSA) is 70.7 Å². The number of nitrogens with one attached hydrogen (secondary N) is 1. The highest BCUT2D eigenvalue weighted by atomic mass is 32.2. The van der Waals surface area contributed by atoms with Crippen LogP contribution in [0, 0.1) is 0 Å². The molecule has 5 nitrogen and oxygen atoms in total. The summed E-state index contributed by atoms with van der Waals surface area (Å²) in [6.07, 6.45) is -2.55. The Morgan fingerprint density at radius 2 is 2.04 bits per heavy atom. The molecule has 1 amide bonds. The molecule has 0 bridgehead atoms. The Hall–Kier alpha value is -1.74. The molecule has 1 aliphatic heterocycles. The van der Waals surface area contributed by atoms with Crippen LogP contribution in [-0.4, -0.2) is 35.4 Å². The highest BCUT2D eigenvalue weighted by Crippen LogP contribution is 2.30. The molecule has 0 spiro atoms. The van der Waals surface area contributed by atoms with Crippen molar-refractivity contribution in [1.82, 2.24) is 4.90 Å². The normalized spacial score (nSPS) is 15.8. The van der Waals surface area contributed by atoms with E-state index in [9.17, 15) is 18.0 Å². The van der Waals surface area contributed by atoms with Crippen LogP contribution in [0.3, 0.4) is 0 Å². The van der Waals surface area contributed by atoms with Gasteiger partial charge in [0.1, 0.15) is 5.71 Å². The minimum Gasteiger partial charge on any atom is -0.338 e. The van der Waals surface area contributed by atoms with E-state index in [-0.39, 0.29) is 23.1 Å². The Balaban J connectivity index is 2.12. The number of carbonyl (C=O) groups excluding carboxylic acids is 1. The second-order valence-electron chi connectivity index (χ2n) is 5.06. The van der Waals surface area contributed by atoms with Crippen LogP contribution in [0.4, 0.5) is 18.9 Å². The first kappa shape index (κ1) is 17.6. The van der Waals surface area contributed by atoms with Crippen LogP contribution in [0.25, 0.3) is 0 Å². The Labute approximate surface area is 136 Å². The summed E-state index contributed by atoms with van der Waals surface area (Å²) in [4.78, 5) is 14.0. The van der Waals surface area contributed by atoms with Gasteiger partial charge in [0, 0.05) is 13.1 Å². The van der Waals surface area contributed by atoms with Gasteiger partial charge < -0.3 is 4.90 Å². The van der Waals surface area contributed by atoms with Crippen LogP contribution in [0.2, 0.25) is 0 Å². The maximum atomic E-state index is 12.7. The van der Waals surface area contributed by atoms with Crippen LogP contribution in [0.5, 0.6) is 0 Å². The van der Waals surface area contributed by atoms with Crippen molar-refractivity contribution in [3.8, 4) is 0 Å². The molecular formula is C14H17F3N4OS. The molecule has 1 aromatic rings. The SMILES string of the molecule is NSC/C(=N/Nc1cccc(C(F)(F)F)c1)C(=O)N1CCCC1. The highest BCUT2D eigenvalue weighted by molar-refractivity contribution is 7.97. The number of benzene rings is 1. The molecule has 1 heterocycles. The zero-order valence-electron chi connectivity index (χ0n) is 12.3. The predicted octanol–water partition coefficient (Wildman–Crippen LogP) is 2.70. The summed E-state index contributed by atoms with van der Waals surface area (Å²) < 4.78 is 38.0. The van der Waals surface area contributed by atoms with E-state index in [0.29, 0.717) is 13.1 Å². The summed E-state index contributed by atoms with van der Waals surface area (Å²) in [6, 6.07) is 4.64. The second-order valence-corrected chi connectivity index (χ2v) is 5.68. The number of carbonyl (C=O) groups is 1. The molecule has 0 aromatic heterocycles. The third kappa shape index (κ3) is 4.87. The van der Waals surface area contributed by atoms with Gasteiger partial charge in [-0.2, -0.15) is 18.3 Å². The summed E-state index contributed by atoms with van der Waals surface area (Å²) in [5.41, 5.74) is 2.09. The van der Waals surface area contributed by atoms with E-state index in [1.807, 2.05) is 0 Å². The first-order valence-electron chi connectivity index (χ1n) is 7.02. The minimum absolute atomic E-state index is 0.161. The number of hydrazone groups is 1. The number of nitrogens with two attached hydrogens (primary N) is 1. The van der Waals surface area contributed by atoms with Crippen LogP contribution in [0.1, 0.15) is 18.4 Å². The summed E-state index contributed by atoms with van der Waals surface area (Å²) in [7, 11) is 0. The van der Waals surface area contributed by atoms with Crippen molar-refractivity contribution in [3.05, 3.63) is 29.8 Å². The summed E-state index contributed by atoms with van der Waals surface area (Å²) in [6.45, 7) is 1.33. The number of rotatable bonds is 5. The van der Waals surface area contributed by atoms with Crippen molar-refractivity contribution in [3.63, 3.8) is 0 Å². The van der Waals surface area contributed by atoms with Gasteiger partial charge in [0.15, 0.2) is 0 Å². The zero-order chi connectivity index (χ0) is 16.9. The van der Waals surface area contributed by atoms with Crippen LogP contribution >= 0.6 is 11.9 Å². The fourth-order valence-electron chi connectivity index (χ4n) is 2.22. The third-order valence-electron chi connectivity index (χ3n) is 3.37. The molecule has 0 aliphatic carbocycles. The summed E-state index contributed by atoms with van der Waals surface area (Å²) in [5, 5.41) is 9.36. The summed E-state index contributed by atoms with van der Waals surface area (Å²) >= 11 is 0.941. The average Bonchev–Trinajstić information content (AvgIpc) is 3.04. The maximum Gasteiger partial charge on any atom is 0.416 e. The van der Waals surface area contributed by atoms with E-state index in [2.05, 4.69) is 10.5 Å². The van der Waals surface area contributed by atoms with Gasteiger partial charge in [-0.1, -0.05) is 18.0 Å². The third-order valence-corrected chi connectivity index (χ3v) is 3.81. The first-order chi connectivity index (χ1) is 10.9. The van der Waals surface area contributed by atoms with Crippen molar-refractivity contribution in [2.24, 2.45) is 10.2 Å². The fraction of sp³-hybridized carbons (Fsp3) is 0.429. The lowest BCUT2D eigenvalue weighted by atomic mass is 10.2. The molecule has 1 fully saturated rings. The van der Waals surface area contributed by atoms with Gasteiger partial charge in [-0.3, -0.25) is 15.4 Å². The number of nitrogens with zero attached hydrogens (tertiary/aromatic N) is 2. The van der Waals surface area contributed by atoms with E-state index >= 15 is 0 Å². The van der Waals surface area contributed by atoms with E-state index in [1.54, 1.807) is 4.90 Å². The van der Waals surface area contributed by atoms with Crippen molar-refractivity contribution >= 4 is 29.3 Å². The lowest BCUT2D eigenvalue weighted by Crippen LogP contribution is -2.36. The number of likely N-dealkylation sites (tertiary alicyclic amines) is 1. The number of alkyl halides is 3. The number of hydrogen-bond donors (Lipinski definition) is 2. The molecule has 1 aliphatic rings. The number of anilines is 1. The first-order valence-corrected chi connectivity index (χ1v) is 8.07. The molecule has 9 heteroatoms. The molecule has 0 radical (unpaired) electrons. The molecule has 0 unspecified atom stereocenters. The van der Waals surface area contributed by atoms with E-state index < -0.39 is 11.7 Å². The Bertz CT molecular complexity index is 586. The standard InChI is InChI=1S/C14H17F3N4OS/c15-14(16,17)10-4-3-5-11(8-10)19-20-12(9-23-18)13(22)21-6-1-2-7-21/h3-5,8,19H,1-2,6-7,9,18H2/b20-12-. The van der Waals surface area contributed by atoms with Gasteiger partial charge in [-0.25, -0.2) is 0 Å². The highest BCUT2D eigenvalue weighted by Gasteiger charge is 2.30. The maximum absolute atomic E-state index is 12.7. The molecular weight excluding hydrogens is 329 g/mol. The van der Waals surface area contributed by atoms with Crippen LogP contribution < -0.4 is 10.6 Å². The van der Waals surface area contributed by atoms with Gasteiger partial charge in [-0.05, 0) is 31.0 Å². The minimum atomic E-state index is -4.43. The van der Waals surface area contributed by atoms with Gasteiger partial charge in [0.05, 0.1) is 17.0 Å². The Kier molecular flexibility index (Phi) is 5.89. The molecule has 0 atom stereocenters. The number of amides is 1. The van der Waals surface area contributed by atoms with Gasteiger partial charge in [0.2, 0.25) is 0 Å². The lowest BCUT2D eigenvalue weighted by Gasteiger charge is -2.16. The Morgan fingerprint density at radius 3 is 2.65 bits per heavy atom. The van der Waals surface area contributed by atoms with Crippen molar-refractivity contribution < 1.29 is 18.0 Å². The van der Waals surface area contributed by atoms with Crippen LogP contribution in [-0.2, 0) is 11.0 Å². The number of hydrogen-bond acceptors (Lipinski definition) is 5. The van der Waals surface area contributed by atoms with Gasteiger partial charge in [-0.15, -0.1) is 0 Å². The molecule has 1 saturated heterocycles. The lowest BCUT2D eigenvalue weighted by molar-refractivity contribution is -0.137. The smallest absolute Gasteiger partial charge is 0.338 e. The van der Waals surface area contributed by atoms with Crippen LogP contribution in [0.15, 0.2) is 29.4 Å². The molecule has 23 heavy (non-hydrogen) atoms. The van der Waals surface area contributed by atoms with E-state index in [4.69, 9.17) is 5.14 Å². The molecule has 126 valence electrons. The van der Waals surface area contributed by atoms with E-state index in [1.165, 1.54) is 12.1 Å².